The molecular formula is C9H18BrNO2. The van der Waals surface area contributed by atoms with E-state index in [9.17, 15) is 4.79 Å². The van der Waals surface area contributed by atoms with Crippen molar-refractivity contribution in [2.24, 2.45) is 0 Å². The molecule has 1 rings (SSSR count). The van der Waals surface area contributed by atoms with Crippen molar-refractivity contribution < 1.29 is 9.53 Å². The minimum Gasteiger partial charge on any atom is -0.380 e. The second kappa shape index (κ2) is 6.51. The second-order valence-electron chi connectivity index (χ2n) is 3.38. The molecule has 78 valence electrons. The zero-order valence-corrected chi connectivity index (χ0v) is 9.92. The topological polar surface area (TPSA) is 38.3 Å². The van der Waals surface area contributed by atoms with Crippen LogP contribution in [0.5, 0.6) is 0 Å². The molecule has 4 heteroatoms. The smallest absolute Gasteiger partial charge is 0.131 e. The lowest BCUT2D eigenvalue weighted by molar-refractivity contribution is -0.118. The Bertz CT molecular complexity index is 164. The van der Waals surface area contributed by atoms with Gasteiger partial charge in [0.2, 0.25) is 0 Å². The van der Waals surface area contributed by atoms with Crippen molar-refractivity contribution in [1.82, 2.24) is 5.32 Å². The molecule has 2 atom stereocenters. The van der Waals surface area contributed by atoms with E-state index in [1.807, 2.05) is 0 Å². The number of halogens is 1. The fraction of sp³-hybridized carbons (Fsp3) is 0.889. The van der Waals surface area contributed by atoms with Crippen molar-refractivity contribution in [3.8, 4) is 0 Å². The van der Waals surface area contributed by atoms with E-state index in [0.29, 0.717) is 6.42 Å². The van der Waals surface area contributed by atoms with E-state index in [0.717, 1.165) is 19.4 Å². The Hall–Kier alpha value is 0.0700. The summed E-state index contributed by atoms with van der Waals surface area (Å²) in [5.41, 5.74) is 0. The van der Waals surface area contributed by atoms with E-state index >= 15 is 0 Å². The van der Waals surface area contributed by atoms with E-state index in [1.54, 1.807) is 14.0 Å². The lowest BCUT2D eigenvalue weighted by atomic mass is 9.97. The number of hydrogen-bond acceptors (Lipinski definition) is 3. The quantitative estimate of drug-likeness (QED) is 0.823. The molecule has 0 radical (unpaired) electrons. The van der Waals surface area contributed by atoms with Crippen molar-refractivity contribution in [3.63, 3.8) is 0 Å². The minimum absolute atomic E-state index is 0. The van der Waals surface area contributed by atoms with Crippen LogP contribution in [0.4, 0.5) is 0 Å². The maximum Gasteiger partial charge on any atom is 0.131 e. The maximum atomic E-state index is 10.9. The molecular weight excluding hydrogens is 234 g/mol. The number of ether oxygens (including phenoxy) is 1. The van der Waals surface area contributed by atoms with Crippen LogP contribution in [0, 0.1) is 0 Å². The zero-order valence-electron chi connectivity index (χ0n) is 8.21. The van der Waals surface area contributed by atoms with Crippen molar-refractivity contribution in [2.45, 2.75) is 38.3 Å². The fourth-order valence-electron chi connectivity index (χ4n) is 1.72. The van der Waals surface area contributed by atoms with Gasteiger partial charge in [0.05, 0.1) is 6.10 Å². The van der Waals surface area contributed by atoms with Gasteiger partial charge in [0.15, 0.2) is 0 Å². The molecule has 0 saturated carbocycles. The third-order valence-electron chi connectivity index (χ3n) is 2.33. The first-order valence-corrected chi connectivity index (χ1v) is 4.49. The standard InChI is InChI=1S/C9H17NO2.BrH/c1-7(11)6-8-9(12-2)4-3-5-10-8;/h8-10H,3-6H2,1-2H3;1H/t8-,9+;/m1./s1. The van der Waals surface area contributed by atoms with Crippen LogP contribution in [0.2, 0.25) is 0 Å². The predicted molar refractivity (Wildman–Crippen MR) is 57.4 cm³/mol. The van der Waals surface area contributed by atoms with E-state index < -0.39 is 0 Å². The Balaban J connectivity index is 0.00000144. The molecule has 0 aromatic heterocycles. The summed E-state index contributed by atoms with van der Waals surface area (Å²) in [7, 11) is 1.71. The Morgan fingerprint density at radius 1 is 1.62 bits per heavy atom. The molecule has 0 aromatic carbocycles. The molecule has 0 aromatic rings. The summed E-state index contributed by atoms with van der Waals surface area (Å²) in [4.78, 5) is 10.9. The van der Waals surface area contributed by atoms with Gasteiger partial charge in [-0.25, -0.2) is 0 Å². The van der Waals surface area contributed by atoms with Crippen molar-refractivity contribution >= 4 is 22.8 Å². The van der Waals surface area contributed by atoms with Gasteiger partial charge in [-0.15, -0.1) is 17.0 Å². The second-order valence-corrected chi connectivity index (χ2v) is 3.38. The Labute approximate surface area is 90.0 Å². The third-order valence-corrected chi connectivity index (χ3v) is 2.33. The number of nitrogens with one attached hydrogen (secondary N) is 1. The first kappa shape index (κ1) is 13.1. The van der Waals surface area contributed by atoms with Gasteiger partial charge in [-0.05, 0) is 26.3 Å². The highest BCUT2D eigenvalue weighted by atomic mass is 79.9. The lowest BCUT2D eigenvalue weighted by Gasteiger charge is -2.30. The van der Waals surface area contributed by atoms with Gasteiger partial charge in [-0.3, -0.25) is 4.79 Å². The van der Waals surface area contributed by atoms with Gasteiger partial charge in [-0.2, -0.15) is 0 Å². The van der Waals surface area contributed by atoms with Crippen molar-refractivity contribution in [1.29, 1.82) is 0 Å². The molecule has 13 heavy (non-hydrogen) atoms. The number of carbonyl (C=O) groups excluding carboxylic acids is 1. The third kappa shape index (κ3) is 4.20. The van der Waals surface area contributed by atoms with Crippen LogP contribution in [0.15, 0.2) is 0 Å². The van der Waals surface area contributed by atoms with Gasteiger partial charge < -0.3 is 10.1 Å². The average Bonchev–Trinajstić information content (AvgIpc) is 2.04. The van der Waals surface area contributed by atoms with E-state index in [4.69, 9.17) is 4.74 Å². The van der Waals surface area contributed by atoms with Crippen LogP contribution in [0.3, 0.4) is 0 Å². The summed E-state index contributed by atoms with van der Waals surface area (Å²) < 4.78 is 5.29. The molecule has 1 saturated heterocycles. The number of Topliss-reactive ketones (excluding diaryl/α,β-unsaturated/α-hetero) is 1. The number of methoxy groups -OCH3 is 1. The van der Waals surface area contributed by atoms with Crippen molar-refractivity contribution in [3.05, 3.63) is 0 Å². The normalized spacial score (nSPS) is 27.8. The largest absolute Gasteiger partial charge is 0.380 e. The highest BCUT2D eigenvalue weighted by Gasteiger charge is 2.24. The molecule has 0 unspecified atom stereocenters. The molecule has 0 amide bonds. The summed E-state index contributed by atoms with van der Waals surface area (Å²) >= 11 is 0. The molecule has 1 aliphatic heterocycles. The van der Waals surface area contributed by atoms with Crippen molar-refractivity contribution in [2.75, 3.05) is 13.7 Å². The summed E-state index contributed by atoms with van der Waals surface area (Å²) in [6.45, 7) is 2.64. The molecule has 1 heterocycles. The van der Waals surface area contributed by atoms with Crippen LogP contribution in [0.1, 0.15) is 26.2 Å². The Morgan fingerprint density at radius 3 is 2.85 bits per heavy atom. The van der Waals surface area contributed by atoms with Crippen LogP contribution in [-0.2, 0) is 9.53 Å². The number of ketones is 1. The molecule has 1 aliphatic rings. The van der Waals surface area contributed by atoms with E-state index in [1.165, 1.54) is 0 Å². The SMILES string of the molecule is Br.CO[C@H]1CCCN[C@@H]1CC(C)=O. The molecule has 0 spiro atoms. The fourth-order valence-corrected chi connectivity index (χ4v) is 1.72. The zero-order chi connectivity index (χ0) is 8.97. The maximum absolute atomic E-state index is 10.9. The minimum atomic E-state index is 0. The van der Waals surface area contributed by atoms with Crippen LogP contribution < -0.4 is 5.32 Å². The number of piperidine rings is 1. The van der Waals surface area contributed by atoms with Crippen LogP contribution in [-0.4, -0.2) is 31.6 Å². The number of carbonyl (C=O) groups is 1. The van der Waals surface area contributed by atoms with E-state index in [-0.39, 0.29) is 34.9 Å². The first-order chi connectivity index (χ1) is 5.74. The molecule has 3 nitrogen and oxygen atoms in total. The van der Waals surface area contributed by atoms with Gasteiger partial charge in [0, 0.05) is 19.6 Å². The molecule has 0 aliphatic carbocycles. The summed E-state index contributed by atoms with van der Waals surface area (Å²) in [5, 5.41) is 3.31. The molecule has 1 N–H and O–H groups in total. The van der Waals surface area contributed by atoms with Gasteiger partial charge in [-0.1, -0.05) is 0 Å². The average molecular weight is 252 g/mol. The van der Waals surface area contributed by atoms with Crippen LogP contribution >= 0.6 is 17.0 Å². The van der Waals surface area contributed by atoms with Gasteiger partial charge >= 0.3 is 0 Å². The summed E-state index contributed by atoms with van der Waals surface area (Å²) in [6.07, 6.45) is 3.04. The van der Waals surface area contributed by atoms with Gasteiger partial charge in [0.1, 0.15) is 5.78 Å². The monoisotopic (exact) mass is 251 g/mol. The Morgan fingerprint density at radius 2 is 2.31 bits per heavy atom. The number of hydrogen-bond donors (Lipinski definition) is 1. The number of rotatable bonds is 3. The first-order valence-electron chi connectivity index (χ1n) is 4.49. The van der Waals surface area contributed by atoms with Crippen LogP contribution in [0.25, 0.3) is 0 Å². The highest BCUT2D eigenvalue weighted by Crippen LogP contribution is 2.14. The van der Waals surface area contributed by atoms with Gasteiger partial charge in [0.25, 0.3) is 0 Å². The predicted octanol–water partition coefficient (Wildman–Crippen LogP) is 1.31. The Kier molecular flexibility index (Phi) is 6.55. The van der Waals surface area contributed by atoms with E-state index in [2.05, 4.69) is 5.32 Å². The lowest BCUT2D eigenvalue weighted by Crippen LogP contribution is -2.46. The highest BCUT2D eigenvalue weighted by molar-refractivity contribution is 8.93. The summed E-state index contributed by atoms with van der Waals surface area (Å²) in [5.74, 6) is 0.233. The molecule has 1 fully saturated rings. The molecule has 0 bridgehead atoms. The summed E-state index contributed by atoms with van der Waals surface area (Å²) in [6, 6.07) is 0.237.